The van der Waals surface area contributed by atoms with Gasteiger partial charge in [-0.2, -0.15) is 5.10 Å². The second-order valence-electron chi connectivity index (χ2n) is 7.61. The predicted octanol–water partition coefficient (Wildman–Crippen LogP) is 4.79. The normalized spacial score (nSPS) is 12.4. The molecule has 0 aliphatic carbocycles. The van der Waals surface area contributed by atoms with Crippen molar-refractivity contribution in [2.75, 3.05) is 0 Å². The summed E-state index contributed by atoms with van der Waals surface area (Å²) in [5.74, 6) is 0. The second kappa shape index (κ2) is 4.94. The zero-order valence-corrected chi connectivity index (χ0v) is 14.8. The van der Waals surface area contributed by atoms with Gasteiger partial charge in [0.05, 0.1) is 17.4 Å². The molecule has 0 bridgehead atoms. The lowest BCUT2D eigenvalue weighted by Crippen LogP contribution is -2.11. The van der Waals surface area contributed by atoms with E-state index in [-0.39, 0.29) is 5.41 Å². The fraction of sp³-hybridized carbons (Fsp3) is 0.300. The van der Waals surface area contributed by atoms with Crippen LogP contribution < -0.4 is 0 Å². The number of imidazole rings is 1. The average molecular weight is 318 g/mol. The van der Waals surface area contributed by atoms with E-state index in [4.69, 9.17) is 4.98 Å². The molecule has 0 saturated heterocycles. The van der Waals surface area contributed by atoms with Crippen LogP contribution >= 0.6 is 0 Å². The van der Waals surface area contributed by atoms with Crippen molar-refractivity contribution in [2.24, 2.45) is 0 Å². The first-order chi connectivity index (χ1) is 11.3. The predicted molar refractivity (Wildman–Crippen MR) is 98.5 cm³/mol. The molecule has 0 atom stereocenters. The van der Waals surface area contributed by atoms with Crippen molar-refractivity contribution in [1.82, 2.24) is 19.6 Å². The summed E-state index contributed by atoms with van der Waals surface area (Å²) in [5.41, 5.74) is 8.07. The minimum absolute atomic E-state index is 0.0294. The summed E-state index contributed by atoms with van der Waals surface area (Å²) in [7, 11) is 0. The number of hydrogen-bond donors (Lipinski definition) is 1. The van der Waals surface area contributed by atoms with Gasteiger partial charge in [0.1, 0.15) is 5.65 Å². The molecule has 0 amide bonds. The molecular formula is C20H22N4. The van der Waals surface area contributed by atoms with Gasteiger partial charge in [-0.1, -0.05) is 20.8 Å². The van der Waals surface area contributed by atoms with Crippen LogP contribution in [0.1, 0.15) is 37.6 Å². The molecular weight excluding hydrogens is 296 g/mol. The van der Waals surface area contributed by atoms with E-state index in [0.29, 0.717) is 0 Å². The van der Waals surface area contributed by atoms with Gasteiger partial charge in [-0.3, -0.25) is 5.10 Å². The first-order valence-corrected chi connectivity index (χ1v) is 8.27. The Hall–Kier alpha value is -2.62. The number of pyridine rings is 1. The van der Waals surface area contributed by atoms with E-state index in [1.165, 1.54) is 22.3 Å². The minimum atomic E-state index is 0.0294. The summed E-state index contributed by atoms with van der Waals surface area (Å²) in [5, 5.41) is 8.38. The van der Waals surface area contributed by atoms with Gasteiger partial charge in [-0.05, 0) is 48.7 Å². The molecule has 1 aromatic carbocycles. The number of nitrogens with one attached hydrogen (secondary N) is 1. The molecule has 0 fully saturated rings. The third kappa shape index (κ3) is 2.21. The molecule has 4 nitrogen and oxygen atoms in total. The Balaban J connectivity index is 2.03. The standard InChI is InChI=1S/C20H22N4/c1-12-6-7-24-11-16(20(3,4)5)22-19(24)17(12)14-8-13(2)18-15(9-14)10-21-23-18/h6-11H,1-5H3,(H,21,23). The van der Waals surface area contributed by atoms with E-state index >= 15 is 0 Å². The maximum Gasteiger partial charge on any atom is 0.145 e. The largest absolute Gasteiger partial charge is 0.306 e. The van der Waals surface area contributed by atoms with Crippen LogP contribution in [-0.2, 0) is 5.41 Å². The summed E-state index contributed by atoms with van der Waals surface area (Å²) in [4.78, 5) is 4.96. The number of rotatable bonds is 1. The molecule has 24 heavy (non-hydrogen) atoms. The first kappa shape index (κ1) is 14.9. The minimum Gasteiger partial charge on any atom is -0.306 e. The van der Waals surface area contributed by atoms with Crippen molar-refractivity contribution in [2.45, 2.75) is 40.0 Å². The van der Waals surface area contributed by atoms with Crippen LogP contribution in [0.5, 0.6) is 0 Å². The summed E-state index contributed by atoms with van der Waals surface area (Å²) in [6, 6.07) is 6.57. The van der Waals surface area contributed by atoms with Crippen molar-refractivity contribution >= 4 is 16.6 Å². The van der Waals surface area contributed by atoms with E-state index < -0.39 is 0 Å². The van der Waals surface area contributed by atoms with Crippen LogP contribution in [0.3, 0.4) is 0 Å². The Kier molecular flexibility index (Phi) is 3.07. The topological polar surface area (TPSA) is 46.0 Å². The fourth-order valence-electron chi connectivity index (χ4n) is 3.24. The Bertz CT molecular complexity index is 1060. The number of fused-ring (bicyclic) bond motifs is 2. The highest BCUT2D eigenvalue weighted by Crippen LogP contribution is 2.33. The summed E-state index contributed by atoms with van der Waals surface area (Å²) >= 11 is 0. The van der Waals surface area contributed by atoms with Gasteiger partial charge in [-0.15, -0.1) is 0 Å². The molecule has 0 unspecified atom stereocenters. The van der Waals surface area contributed by atoms with Gasteiger partial charge in [0.2, 0.25) is 0 Å². The van der Waals surface area contributed by atoms with Crippen LogP contribution in [0.25, 0.3) is 27.7 Å². The Morgan fingerprint density at radius 2 is 1.88 bits per heavy atom. The smallest absolute Gasteiger partial charge is 0.145 e. The first-order valence-electron chi connectivity index (χ1n) is 8.27. The quantitative estimate of drug-likeness (QED) is 0.548. The van der Waals surface area contributed by atoms with Crippen molar-refractivity contribution < 1.29 is 0 Å². The molecule has 4 heteroatoms. The van der Waals surface area contributed by atoms with Gasteiger partial charge in [0.25, 0.3) is 0 Å². The summed E-state index contributed by atoms with van der Waals surface area (Å²) < 4.78 is 2.14. The third-order valence-corrected chi connectivity index (χ3v) is 4.64. The molecule has 0 saturated carbocycles. The number of benzene rings is 1. The number of H-pyrrole nitrogens is 1. The molecule has 0 spiro atoms. The number of aryl methyl sites for hydroxylation is 2. The molecule has 3 aromatic heterocycles. The zero-order valence-electron chi connectivity index (χ0n) is 14.8. The van der Waals surface area contributed by atoms with Gasteiger partial charge >= 0.3 is 0 Å². The Morgan fingerprint density at radius 3 is 2.62 bits per heavy atom. The van der Waals surface area contributed by atoms with E-state index in [1.807, 2.05) is 6.20 Å². The van der Waals surface area contributed by atoms with Crippen LogP contribution in [0.15, 0.2) is 36.8 Å². The van der Waals surface area contributed by atoms with Gasteiger partial charge in [-0.25, -0.2) is 4.98 Å². The fourth-order valence-corrected chi connectivity index (χ4v) is 3.24. The molecule has 4 rings (SSSR count). The molecule has 3 heterocycles. The van der Waals surface area contributed by atoms with Crippen molar-refractivity contribution in [3.8, 4) is 11.1 Å². The maximum atomic E-state index is 4.96. The zero-order chi connectivity index (χ0) is 17.1. The Morgan fingerprint density at radius 1 is 1.08 bits per heavy atom. The molecule has 4 aromatic rings. The molecule has 122 valence electrons. The lowest BCUT2D eigenvalue weighted by molar-refractivity contribution is 0.573. The SMILES string of the molecule is Cc1ccn2cc(C(C)(C)C)nc2c1-c1cc(C)c2[nH]ncc2c1. The monoisotopic (exact) mass is 318 g/mol. The van der Waals surface area contributed by atoms with Crippen molar-refractivity contribution in [3.05, 3.63) is 53.6 Å². The summed E-state index contributed by atoms with van der Waals surface area (Å²) in [6.45, 7) is 10.9. The number of hydrogen-bond acceptors (Lipinski definition) is 2. The van der Waals surface area contributed by atoms with Crippen LogP contribution in [-0.4, -0.2) is 19.6 Å². The molecule has 0 aliphatic heterocycles. The molecule has 0 radical (unpaired) electrons. The maximum absolute atomic E-state index is 4.96. The van der Waals surface area contributed by atoms with Crippen LogP contribution in [0, 0.1) is 13.8 Å². The molecule has 0 aliphatic rings. The third-order valence-electron chi connectivity index (χ3n) is 4.64. The highest BCUT2D eigenvalue weighted by atomic mass is 15.1. The van der Waals surface area contributed by atoms with E-state index in [2.05, 4.69) is 79.8 Å². The number of aromatic amines is 1. The molecule has 1 N–H and O–H groups in total. The van der Waals surface area contributed by atoms with Gasteiger partial charge in [0.15, 0.2) is 0 Å². The van der Waals surface area contributed by atoms with E-state index in [1.54, 1.807) is 0 Å². The van der Waals surface area contributed by atoms with E-state index in [0.717, 1.165) is 22.2 Å². The number of nitrogens with zero attached hydrogens (tertiary/aromatic N) is 3. The lowest BCUT2D eigenvalue weighted by atomic mass is 9.93. The number of aromatic nitrogens is 4. The van der Waals surface area contributed by atoms with Crippen LogP contribution in [0.4, 0.5) is 0 Å². The average Bonchev–Trinajstić information content (AvgIpc) is 3.12. The highest BCUT2D eigenvalue weighted by Gasteiger charge is 2.20. The Labute approximate surface area is 141 Å². The second-order valence-corrected chi connectivity index (χ2v) is 7.61. The highest BCUT2D eigenvalue weighted by molar-refractivity contribution is 5.90. The van der Waals surface area contributed by atoms with Crippen molar-refractivity contribution in [3.63, 3.8) is 0 Å². The lowest BCUT2D eigenvalue weighted by Gasteiger charge is -2.13. The summed E-state index contributed by atoms with van der Waals surface area (Å²) in [6.07, 6.45) is 6.12. The van der Waals surface area contributed by atoms with Crippen molar-refractivity contribution in [1.29, 1.82) is 0 Å². The van der Waals surface area contributed by atoms with Gasteiger partial charge < -0.3 is 4.40 Å². The van der Waals surface area contributed by atoms with Crippen LogP contribution in [0.2, 0.25) is 0 Å². The van der Waals surface area contributed by atoms with Gasteiger partial charge in [0, 0.05) is 28.8 Å². The van der Waals surface area contributed by atoms with E-state index in [9.17, 15) is 0 Å².